The molecule has 3 aromatic rings. The predicted molar refractivity (Wildman–Crippen MR) is 124 cm³/mol. The molecule has 1 aliphatic heterocycles. The molecule has 166 valence electrons. The number of ether oxygens (including phenoxy) is 2. The Bertz CT molecular complexity index is 1140. The number of carbonyl (C=O) groups is 1. The summed E-state index contributed by atoms with van der Waals surface area (Å²) in [6.07, 6.45) is 1.44. The summed E-state index contributed by atoms with van der Waals surface area (Å²) in [5.41, 5.74) is 1.81. The largest absolute Gasteiger partial charge is 0.495 e. The Kier molecular flexibility index (Phi) is 6.66. The number of nitrogens with zero attached hydrogens (tertiary/aromatic N) is 2. The zero-order chi connectivity index (χ0) is 22.5. The van der Waals surface area contributed by atoms with Gasteiger partial charge in [-0.3, -0.25) is 9.59 Å². The summed E-state index contributed by atoms with van der Waals surface area (Å²) in [7, 11) is 1.65. The molecule has 0 saturated carbocycles. The number of carbonyl (C=O) groups excluding carboxylic acids is 1. The molecule has 0 unspecified atom stereocenters. The Morgan fingerprint density at radius 2 is 1.75 bits per heavy atom. The van der Waals surface area contributed by atoms with Gasteiger partial charge in [-0.1, -0.05) is 35.9 Å². The molecule has 1 aliphatic rings. The fourth-order valence-corrected chi connectivity index (χ4v) is 3.77. The highest BCUT2D eigenvalue weighted by molar-refractivity contribution is 6.30. The van der Waals surface area contributed by atoms with E-state index < -0.39 is 0 Å². The van der Waals surface area contributed by atoms with Gasteiger partial charge in [-0.15, -0.1) is 0 Å². The molecule has 2 aromatic carbocycles. The molecule has 0 bridgehead atoms. The van der Waals surface area contributed by atoms with Crippen LogP contribution in [0.3, 0.4) is 0 Å². The monoisotopic (exact) mass is 453 g/mol. The van der Waals surface area contributed by atoms with Crippen molar-refractivity contribution < 1.29 is 14.3 Å². The average Bonchev–Trinajstić information content (AvgIpc) is 2.84. The summed E-state index contributed by atoms with van der Waals surface area (Å²) in [5, 5.41) is 0.637. The third-order valence-corrected chi connectivity index (χ3v) is 5.66. The summed E-state index contributed by atoms with van der Waals surface area (Å²) in [6, 6.07) is 16.3. The lowest BCUT2D eigenvalue weighted by Crippen LogP contribution is -2.49. The van der Waals surface area contributed by atoms with Crippen LogP contribution < -0.4 is 19.8 Å². The van der Waals surface area contributed by atoms with Crippen molar-refractivity contribution in [1.29, 1.82) is 0 Å². The number of benzene rings is 2. The zero-order valence-corrected chi connectivity index (χ0v) is 18.5. The van der Waals surface area contributed by atoms with Gasteiger partial charge in [0, 0.05) is 43.5 Å². The molecule has 1 aromatic heterocycles. The number of H-pyrrole nitrogens is 1. The lowest BCUT2D eigenvalue weighted by atomic mass is 10.2. The third kappa shape index (κ3) is 4.89. The van der Waals surface area contributed by atoms with Crippen LogP contribution in [0.2, 0.25) is 5.02 Å². The SMILES string of the molecule is COc1ccccc1N1CCN(C(=O)c2cc(=O)c(OCc3ccc(Cl)cc3)c[nH]2)CC1. The van der Waals surface area contributed by atoms with E-state index in [0.717, 1.165) is 17.0 Å². The molecule has 0 aliphatic carbocycles. The standard InChI is InChI=1S/C24H24ClN3O4/c1-31-22-5-3-2-4-20(22)27-10-12-28(13-11-27)24(30)19-14-21(29)23(15-26-19)32-16-17-6-8-18(25)9-7-17/h2-9,14-15H,10-13,16H2,1H3,(H,26,29). The number of rotatable bonds is 6. The second-order valence-corrected chi connectivity index (χ2v) is 7.88. The van der Waals surface area contributed by atoms with Crippen LogP contribution in [0.25, 0.3) is 0 Å². The third-order valence-electron chi connectivity index (χ3n) is 5.41. The van der Waals surface area contributed by atoms with Gasteiger partial charge in [0.05, 0.1) is 12.8 Å². The summed E-state index contributed by atoms with van der Waals surface area (Å²) < 4.78 is 11.0. The van der Waals surface area contributed by atoms with Crippen molar-refractivity contribution in [2.45, 2.75) is 6.61 Å². The van der Waals surface area contributed by atoms with E-state index in [-0.39, 0.29) is 29.4 Å². The van der Waals surface area contributed by atoms with Crippen LogP contribution >= 0.6 is 11.6 Å². The molecule has 2 heterocycles. The molecule has 1 saturated heterocycles. The Morgan fingerprint density at radius 1 is 1.03 bits per heavy atom. The minimum Gasteiger partial charge on any atom is -0.495 e. The van der Waals surface area contributed by atoms with Crippen molar-refractivity contribution in [3.05, 3.63) is 87.3 Å². The number of piperazine rings is 1. The fourth-order valence-electron chi connectivity index (χ4n) is 3.65. The number of aromatic nitrogens is 1. The molecule has 0 atom stereocenters. The zero-order valence-electron chi connectivity index (χ0n) is 17.7. The predicted octanol–water partition coefficient (Wildman–Crippen LogP) is 3.58. The number of halogens is 1. The fraction of sp³-hybridized carbons (Fsp3) is 0.250. The highest BCUT2D eigenvalue weighted by Gasteiger charge is 2.24. The minimum absolute atomic E-state index is 0.164. The number of anilines is 1. The second-order valence-electron chi connectivity index (χ2n) is 7.44. The Labute approximate surface area is 191 Å². The maximum atomic E-state index is 12.9. The van der Waals surface area contributed by atoms with E-state index in [4.69, 9.17) is 21.1 Å². The number of hydrogen-bond donors (Lipinski definition) is 1. The highest BCUT2D eigenvalue weighted by atomic mass is 35.5. The van der Waals surface area contributed by atoms with Crippen LogP contribution in [0, 0.1) is 0 Å². The first kappa shape index (κ1) is 21.8. The maximum Gasteiger partial charge on any atom is 0.270 e. The number of amides is 1. The maximum absolute atomic E-state index is 12.9. The van der Waals surface area contributed by atoms with Crippen LogP contribution in [0.15, 0.2) is 65.6 Å². The molecular formula is C24H24ClN3O4. The number of pyridine rings is 1. The molecule has 7 nitrogen and oxygen atoms in total. The van der Waals surface area contributed by atoms with E-state index >= 15 is 0 Å². The number of nitrogens with one attached hydrogen (secondary N) is 1. The molecule has 1 N–H and O–H groups in total. The van der Waals surface area contributed by atoms with Crippen LogP contribution in [0.5, 0.6) is 11.5 Å². The Hall–Kier alpha value is -3.45. The van der Waals surface area contributed by atoms with Crippen molar-refractivity contribution in [3.63, 3.8) is 0 Å². The Morgan fingerprint density at radius 3 is 2.44 bits per heavy atom. The summed E-state index contributed by atoms with van der Waals surface area (Å²) in [5.74, 6) is 0.773. The number of para-hydroxylation sites is 2. The van der Waals surface area contributed by atoms with E-state index in [9.17, 15) is 9.59 Å². The molecule has 1 amide bonds. The van der Waals surface area contributed by atoms with Gasteiger partial charge in [-0.2, -0.15) is 0 Å². The summed E-state index contributed by atoms with van der Waals surface area (Å²) in [4.78, 5) is 32.2. The van der Waals surface area contributed by atoms with Crippen molar-refractivity contribution in [2.24, 2.45) is 0 Å². The van der Waals surface area contributed by atoms with Crippen LogP contribution in [-0.2, 0) is 6.61 Å². The van der Waals surface area contributed by atoms with Gasteiger partial charge < -0.3 is 24.3 Å². The van der Waals surface area contributed by atoms with Crippen molar-refractivity contribution in [1.82, 2.24) is 9.88 Å². The molecular weight excluding hydrogens is 430 g/mol. The van der Waals surface area contributed by atoms with E-state index in [1.54, 1.807) is 24.1 Å². The van der Waals surface area contributed by atoms with E-state index in [1.807, 2.05) is 36.4 Å². The van der Waals surface area contributed by atoms with Crippen molar-refractivity contribution >= 4 is 23.2 Å². The van der Waals surface area contributed by atoms with Gasteiger partial charge >= 0.3 is 0 Å². The first-order chi connectivity index (χ1) is 15.5. The van der Waals surface area contributed by atoms with Gasteiger partial charge in [-0.25, -0.2) is 0 Å². The van der Waals surface area contributed by atoms with E-state index in [2.05, 4.69) is 9.88 Å². The van der Waals surface area contributed by atoms with Gasteiger partial charge in [0.1, 0.15) is 18.1 Å². The van der Waals surface area contributed by atoms with Gasteiger partial charge in [0.25, 0.3) is 5.91 Å². The quantitative estimate of drug-likeness (QED) is 0.617. The van der Waals surface area contributed by atoms with Crippen LogP contribution in [-0.4, -0.2) is 49.1 Å². The summed E-state index contributed by atoms with van der Waals surface area (Å²) >= 11 is 5.88. The van der Waals surface area contributed by atoms with Crippen LogP contribution in [0.4, 0.5) is 5.69 Å². The summed E-state index contributed by atoms with van der Waals surface area (Å²) in [6.45, 7) is 2.69. The molecule has 4 rings (SSSR count). The van der Waals surface area contributed by atoms with Gasteiger partial charge in [0.15, 0.2) is 5.75 Å². The van der Waals surface area contributed by atoms with Crippen LogP contribution in [0.1, 0.15) is 16.1 Å². The Balaban J connectivity index is 1.37. The molecule has 32 heavy (non-hydrogen) atoms. The normalized spacial score (nSPS) is 13.7. The first-order valence-electron chi connectivity index (χ1n) is 10.3. The first-order valence-corrected chi connectivity index (χ1v) is 10.7. The smallest absolute Gasteiger partial charge is 0.270 e. The lowest BCUT2D eigenvalue weighted by molar-refractivity contribution is 0.0740. The van der Waals surface area contributed by atoms with Gasteiger partial charge in [0.2, 0.25) is 5.43 Å². The highest BCUT2D eigenvalue weighted by Crippen LogP contribution is 2.28. The number of aromatic amines is 1. The van der Waals surface area contributed by atoms with Crippen molar-refractivity contribution in [3.8, 4) is 11.5 Å². The molecule has 8 heteroatoms. The number of hydrogen-bond acceptors (Lipinski definition) is 5. The average molecular weight is 454 g/mol. The second kappa shape index (κ2) is 9.78. The van der Waals surface area contributed by atoms with Crippen molar-refractivity contribution in [2.75, 3.05) is 38.2 Å². The topological polar surface area (TPSA) is 74.9 Å². The molecule has 0 spiro atoms. The van der Waals surface area contributed by atoms with Gasteiger partial charge in [-0.05, 0) is 29.8 Å². The molecule has 1 fully saturated rings. The number of methoxy groups -OCH3 is 1. The lowest BCUT2D eigenvalue weighted by Gasteiger charge is -2.36. The molecule has 0 radical (unpaired) electrons. The minimum atomic E-state index is -0.339. The van der Waals surface area contributed by atoms with E-state index in [0.29, 0.717) is 31.2 Å². The van der Waals surface area contributed by atoms with E-state index in [1.165, 1.54) is 12.3 Å².